The van der Waals surface area contributed by atoms with Crippen LogP contribution in [0.1, 0.15) is 6.42 Å². The summed E-state index contributed by atoms with van der Waals surface area (Å²) in [5.74, 6) is -0.785. The number of carboxylic acids is 1. The molecule has 0 saturated carbocycles. The van der Waals surface area contributed by atoms with Crippen LogP contribution in [0.3, 0.4) is 0 Å². The van der Waals surface area contributed by atoms with Crippen molar-refractivity contribution in [1.82, 2.24) is 9.80 Å². The second kappa shape index (κ2) is 4.75. The number of hydrogen-bond donors (Lipinski definition) is 1. The molecule has 2 aliphatic heterocycles. The minimum atomic E-state index is -2.98. The third kappa shape index (κ3) is 2.92. The summed E-state index contributed by atoms with van der Waals surface area (Å²) in [7, 11) is -2.98. The van der Waals surface area contributed by atoms with Gasteiger partial charge in [-0.2, -0.15) is 0 Å². The zero-order valence-corrected chi connectivity index (χ0v) is 10.7. The Kier molecular flexibility index (Phi) is 3.47. The van der Waals surface area contributed by atoms with Crippen LogP contribution < -0.4 is 0 Å². The number of carbonyl (C=O) groups is 2. The zero-order valence-electron chi connectivity index (χ0n) is 9.91. The highest BCUT2D eigenvalue weighted by atomic mass is 32.2. The summed E-state index contributed by atoms with van der Waals surface area (Å²) in [4.78, 5) is 25.5. The predicted octanol–water partition coefficient (Wildman–Crippen LogP) is -0.757. The lowest BCUT2D eigenvalue weighted by Gasteiger charge is -2.42. The van der Waals surface area contributed by atoms with Gasteiger partial charge in [0.2, 0.25) is 0 Å². The zero-order chi connectivity index (χ0) is 13.3. The SMILES string of the molecule is O=C(O)CC1CN(C(=O)N2CCS(=O)(=O)CC2)C1. The summed E-state index contributed by atoms with van der Waals surface area (Å²) in [6, 6.07) is -0.175. The highest BCUT2D eigenvalue weighted by Gasteiger charge is 2.36. The van der Waals surface area contributed by atoms with Crippen molar-refractivity contribution in [3.05, 3.63) is 0 Å². The fourth-order valence-electron chi connectivity index (χ4n) is 2.21. The van der Waals surface area contributed by atoms with Crippen LogP contribution >= 0.6 is 0 Å². The average molecular weight is 276 g/mol. The molecule has 2 fully saturated rings. The monoisotopic (exact) mass is 276 g/mol. The first-order valence-corrected chi connectivity index (χ1v) is 7.65. The minimum Gasteiger partial charge on any atom is -0.481 e. The quantitative estimate of drug-likeness (QED) is 0.715. The maximum absolute atomic E-state index is 11.9. The molecule has 7 nitrogen and oxygen atoms in total. The number of aliphatic carboxylic acids is 1. The Labute approximate surface area is 105 Å². The molecule has 2 rings (SSSR count). The van der Waals surface area contributed by atoms with Crippen molar-refractivity contribution in [1.29, 1.82) is 0 Å². The van der Waals surface area contributed by atoms with Crippen LogP contribution in [0, 0.1) is 5.92 Å². The number of nitrogens with zero attached hydrogens (tertiary/aromatic N) is 2. The molecule has 102 valence electrons. The van der Waals surface area contributed by atoms with Crippen LogP contribution in [-0.4, -0.2) is 73.0 Å². The molecule has 0 aromatic carbocycles. The van der Waals surface area contributed by atoms with E-state index in [4.69, 9.17) is 5.11 Å². The lowest BCUT2D eigenvalue weighted by Crippen LogP contribution is -2.57. The van der Waals surface area contributed by atoms with Crippen molar-refractivity contribution >= 4 is 21.8 Å². The van der Waals surface area contributed by atoms with Gasteiger partial charge in [0.1, 0.15) is 0 Å². The van der Waals surface area contributed by atoms with Gasteiger partial charge in [0.05, 0.1) is 17.9 Å². The van der Waals surface area contributed by atoms with Crippen LogP contribution in [0.25, 0.3) is 0 Å². The van der Waals surface area contributed by atoms with E-state index in [0.29, 0.717) is 13.1 Å². The Morgan fingerprint density at radius 3 is 2.17 bits per heavy atom. The topological polar surface area (TPSA) is 95.0 Å². The number of urea groups is 1. The molecule has 2 amide bonds. The summed E-state index contributed by atoms with van der Waals surface area (Å²) < 4.78 is 22.5. The lowest BCUT2D eigenvalue weighted by atomic mass is 9.97. The molecule has 0 aliphatic carbocycles. The van der Waals surface area contributed by atoms with Gasteiger partial charge in [-0.3, -0.25) is 4.79 Å². The normalized spacial score (nSPS) is 23.6. The molecule has 0 unspecified atom stereocenters. The number of amides is 2. The van der Waals surface area contributed by atoms with Gasteiger partial charge in [0.25, 0.3) is 0 Å². The molecule has 0 aromatic rings. The Morgan fingerprint density at radius 2 is 1.67 bits per heavy atom. The summed E-state index contributed by atoms with van der Waals surface area (Å²) in [5, 5.41) is 8.60. The van der Waals surface area contributed by atoms with E-state index in [1.807, 2.05) is 0 Å². The summed E-state index contributed by atoms with van der Waals surface area (Å²) >= 11 is 0. The van der Waals surface area contributed by atoms with Crippen molar-refractivity contribution in [3.8, 4) is 0 Å². The van der Waals surface area contributed by atoms with Gasteiger partial charge in [0.15, 0.2) is 9.84 Å². The van der Waals surface area contributed by atoms with E-state index in [9.17, 15) is 18.0 Å². The molecular formula is C10H16N2O5S. The number of rotatable bonds is 2. The molecule has 2 aliphatic rings. The first-order valence-electron chi connectivity index (χ1n) is 5.83. The first-order chi connectivity index (χ1) is 8.37. The Morgan fingerprint density at radius 1 is 1.11 bits per heavy atom. The average Bonchev–Trinajstić information content (AvgIpc) is 2.21. The lowest BCUT2D eigenvalue weighted by molar-refractivity contribution is -0.139. The molecule has 1 N–H and O–H groups in total. The summed E-state index contributed by atoms with van der Waals surface area (Å²) in [6.07, 6.45) is 0.0815. The first kappa shape index (κ1) is 13.1. The summed E-state index contributed by atoms with van der Waals surface area (Å²) in [5.41, 5.74) is 0. The van der Waals surface area contributed by atoms with E-state index in [0.717, 1.165) is 0 Å². The van der Waals surface area contributed by atoms with Crippen molar-refractivity contribution < 1.29 is 23.1 Å². The Bertz CT molecular complexity index is 441. The van der Waals surface area contributed by atoms with Gasteiger partial charge in [0, 0.05) is 32.1 Å². The highest BCUT2D eigenvalue weighted by molar-refractivity contribution is 7.91. The number of carbonyl (C=O) groups excluding carboxylic acids is 1. The van der Waals surface area contributed by atoms with Gasteiger partial charge in [-0.05, 0) is 0 Å². The molecule has 18 heavy (non-hydrogen) atoms. The van der Waals surface area contributed by atoms with Crippen LogP contribution in [0.15, 0.2) is 0 Å². The molecule has 0 aromatic heterocycles. The van der Waals surface area contributed by atoms with Gasteiger partial charge in [-0.1, -0.05) is 0 Å². The molecule has 2 heterocycles. The van der Waals surface area contributed by atoms with E-state index < -0.39 is 15.8 Å². The van der Waals surface area contributed by atoms with Gasteiger partial charge in [-0.15, -0.1) is 0 Å². The van der Waals surface area contributed by atoms with Crippen LogP contribution in [0.4, 0.5) is 4.79 Å². The smallest absolute Gasteiger partial charge is 0.320 e. The third-order valence-corrected chi connectivity index (χ3v) is 4.92. The van der Waals surface area contributed by atoms with Gasteiger partial charge in [-0.25, -0.2) is 13.2 Å². The second-order valence-corrected chi connectivity index (χ2v) is 7.09. The van der Waals surface area contributed by atoms with E-state index in [2.05, 4.69) is 0 Å². The maximum atomic E-state index is 11.9. The Balaban J connectivity index is 1.79. The fraction of sp³-hybridized carbons (Fsp3) is 0.800. The van der Waals surface area contributed by atoms with Crippen LogP contribution in [-0.2, 0) is 14.6 Å². The van der Waals surface area contributed by atoms with Gasteiger partial charge < -0.3 is 14.9 Å². The minimum absolute atomic E-state index is 0.0190. The third-order valence-electron chi connectivity index (χ3n) is 3.31. The highest BCUT2D eigenvalue weighted by Crippen LogP contribution is 2.21. The van der Waals surface area contributed by atoms with Crippen molar-refractivity contribution in [2.75, 3.05) is 37.7 Å². The molecule has 0 radical (unpaired) electrons. The van der Waals surface area contributed by atoms with E-state index >= 15 is 0 Å². The number of carboxylic acid groups (broad SMARTS) is 1. The number of sulfone groups is 1. The maximum Gasteiger partial charge on any atom is 0.320 e. The summed E-state index contributed by atoms with van der Waals surface area (Å²) in [6.45, 7) is 1.38. The van der Waals surface area contributed by atoms with E-state index in [1.54, 1.807) is 4.90 Å². The number of hydrogen-bond acceptors (Lipinski definition) is 4. The van der Waals surface area contributed by atoms with Crippen LogP contribution in [0.2, 0.25) is 0 Å². The largest absolute Gasteiger partial charge is 0.481 e. The molecule has 8 heteroatoms. The molecule has 0 bridgehead atoms. The van der Waals surface area contributed by atoms with Crippen molar-refractivity contribution in [3.63, 3.8) is 0 Å². The second-order valence-electron chi connectivity index (χ2n) is 4.79. The van der Waals surface area contributed by atoms with Crippen LogP contribution in [0.5, 0.6) is 0 Å². The van der Waals surface area contributed by atoms with Gasteiger partial charge >= 0.3 is 12.0 Å². The predicted molar refractivity (Wildman–Crippen MR) is 62.9 cm³/mol. The number of likely N-dealkylation sites (tertiary alicyclic amines) is 1. The standard InChI is InChI=1S/C10H16N2O5S/c13-9(14)5-8-6-12(7-8)10(15)11-1-3-18(16,17)4-2-11/h8H,1-7H2,(H,13,14). The van der Waals surface area contributed by atoms with E-state index in [-0.39, 0.29) is 43.0 Å². The molecule has 2 saturated heterocycles. The van der Waals surface area contributed by atoms with Crippen molar-refractivity contribution in [2.24, 2.45) is 5.92 Å². The molecule has 0 spiro atoms. The molecular weight excluding hydrogens is 260 g/mol. The van der Waals surface area contributed by atoms with E-state index in [1.165, 1.54) is 4.90 Å². The fourth-order valence-corrected chi connectivity index (χ4v) is 3.41. The Hall–Kier alpha value is -1.31. The van der Waals surface area contributed by atoms with Crippen molar-refractivity contribution in [2.45, 2.75) is 6.42 Å². The molecule has 0 atom stereocenters.